The minimum atomic E-state index is 0.178. The normalized spacial score (nSPS) is 27.4. The Morgan fingerprint density at radius 1 is 1.25 bits per heavy atom. The maximum atomic E-state index is 6.17. The molecule has 1 aromatic rings. The quantitative estimate of drug-likeness (QED) is 0.915. The van der Waals surface area contributed by atoms with Crippen LogP contribution in [0.3, 0.4) is 0 Å². The van der Waals surface area contributed by atoms with E-state index in [0.29, 0.717) is 12.1 Å². The molecule has 0 aromatic heterocycles. The molecule has 1 unspecified atom stereocenters. The third-order valence-electron chi connectivity index (χ3n) is 4.68. The third kappa shape index (κ3) is 3.38. The van der Waals surface area contributed by atoms with Crippen LogP contribution in [0.15, 0.2) is 30.3 Å². The first-order valence-corrected chi connectivity index (χ1v) is 8.96. The van der Waals surface area contributed by atoms with Gasteiger partial charge in [-0.1, -0.05) is 30.3 Å². The van der Waals surface area contributed by atoms with Crippen molar-refractivity contribution in [1.29, 1.82) is 0 Å². The Morgan fingerprint density at radius 2 is 2.00 bits per heavy atom. The number of benzene rings is 1. The van der Waals surface area contributed by atoms with Gasteiger partial charge >= 0.3 is 0 Å². The van der Waals surface area contributed by atoms with Gasteiger partial charge < -0.3 is 10.1 Å². The Morgan fingerprint density at radius 3 is 2.75 bits per heavy atom. The average molecular weight is 291 g/mol. The monoisotopic (exact) mass is 291 g/mol. The number of hydrogen-bond donors (Lipinski definition) is 1. The Bertz CT molecular complexity index is 411. The summed E-state index contributed by atoms with van der Waals surface area (Å²) < 4.78 is 6.17. The fourth-order valence-electron chi connectivity index (χ4n) is 3.45. The van der Waals surface area contributed by atoms with Gasteiger partial charge in [0.1, 0.15) is 0 Å². The first-order chi connectivity index (χ1) is 9.77. The van der Waals surface area contributed by atoms with Gasteiger partial charge in [0.05, 0.1) is 5.60 Å². The van der Waals surface area contributed by atoms with Crippen molar-refractivity contribution in [2.24, 2.45) is 0 Å². The van der Waals surface area contributed by atoms with E-state index in [9.17, 15) is 0 Å². The van der Waals surface area contributed by atoms with Crippen LogP contribution in [-0.4, -0.2) is 29.8 Å². The summed E-state index contributed by atoms with van der Waals surface area (Å²) in [6.45, 7) is 3.19. The van der Waals surface area contributed by atoms with Crippen molar-refractivity contribution < 1.29 is 4.74 Å². The zero-order valence-electron chi connectivity index (χ0n) is 12.3. The van der Waals surface area contributed by atoms with E-state index in [4.69, 9.17) is 4.74 Å². The molecule has 20 heavy (non-hydrogen) atoms. The molecule has 0 bridgehead atoms. The molecule has 1 N–H and O–H groups in total. The standard InChI is InChI=1S/C17H25NOS/c1-14(15-5-3-2-4-6-15)18-16-7-10-19-17(13-16)8-11-20-12-9-17/h2-6,14,16,18H,7-13H2,1H3/t14-,16?/m1/s1. The Kier molecular flexibility index (Phi) is 4.69. The second-order valence-corrected chi connectivity index (χ2v) is 7.36. The number of thioether (sulfide) groups is 1. The Balaban J connectivity index is 1.60. The van der Waals surface area contributed by atoms with Crippen molar-refractivity contribution in [2.75, 3.05) is 18.1 Å². The van der Waals surface area contributed by atoms with Crippen LogP contribution in [0.2, 0.25) is 0 Å². The lowest BCUT2D eigenvalue weighted by Crippen LogP contribution is -2.49. The summed E-state index contributed by atoms with van der Waals surface area (Å²) in [6, 6.07) is 11.8. The lowest BCUT2D eigenvalue weighted by molar-refractivity contribution is -0.0940. The summed E-state index contributed by atoms with van der Waals surface area (Å²) in [5.74, 6) is 2.53. The first-order valence-electron chi connectivity index (χ1n) is 7.80. The van der Waals surface area contributed by atoms with E-state index in [1.54, 1.807) is 0 Å². The first kappa shape index (κ1) is 14.4. The highest BCUT2D eigenvalue weighted by molar-refractivity contribution is 7.99. The highest BCUT2D eigenvalue weighted by atomic mass is 32.2. The van der Waals surface area contributed by atoms with Crippen molar-refractivity contribution in [1.82, 2.24) is 5.32 Å². The Labute approximate surface area is 126 Å². The summed E-state index contributed by atoms with van der Waals surface area (Å²) in [6.07, 6.45) is 4.79. The molecule has 0 aliphatic carbocycles. The summed E-state index contributed by atoms with van der Waals surface area (Å²) in [4.78, 5) is 0. The van der Waals surface area contributed by atoms with E-state index in [-0.39, 0.29) is 5.60 Å². The van der Waals surface area contributed by atoms with Crippen LogP contribution in [0.25, 0.3) is 0 Å². The summed E-state index contributed by atoms with van der Waals surface area (Å²) in [5.41, 5.74) is 1.56. The second-order valence-electron chi connectivity index (χ2n) is 6.13. The molecule has 0 radical (unpaired) electrons. The Hall–Kier alpha value is -0.510. The van der Waals surface area contributed by atoms with Crippen LogP contribution in [-0.2, 0) is 4.74 Å². The van der Waals surface area contributed by atoms with E-state index in [0.717, 1.165) is 13.0 Å². The van der Waals surface area contributed by atoms with Crippen LogP contribution in [0.1, 0.15) is 44.2 Å². The van der Waals surface area contributed by atoms with Crippen molar-refractivity contribution in [3.63, 3.8) is 0 Å². The lowest BCUT2D eigenvalue weighted by Gasteiger charge is -2.44. The van der Waals surface area contributed by atoms with Gasteiger partial charge in [-0.05, 0) is 49.7 Å². The van der Waals surface area contributed by atoms with Gasteiger partial charge in [-0.3, -0.25) is 0 Å². The van der Waals surface area contributed by atoms with E-state index in [1.807, 2.05) is 0 Å². The summed E-state index contributed by atoms with van der Waals surface area (Å²) >= 11 is 2.07. The SMILES string of the molecule is C[C@@H](NC1CCOC2(CCSCC2)C1)c1ccccc1. The maximum Gasteiger partial charge on any atom is 0.0713 e. The van der Waals surface area contributed by atoms with Gasteiger partial charge in [-0.15, -0.1) is 0 Å². The molecule has 3 rings (SSSR count). The van der Waals surface area contributed by atoms with Gasteiger partial charge in [-0.25, -0.2) is 0 Å². The molecule has 2 aliphatic heterocycles. The highest BCUT2D eigenvalue weighted by Crippen LogP contribution is 2.38. The van der Waals surface area contributed by atoms with Crippen molar-refractivity contribution in [3.05, 3.63) is 35.9 Å². The van der Waals surface area contributed by atoms with Gasteiger partial charge in [0, 0.05) is 18.7 Å². The van der Waals surface area contributed by atoms with Crippen LogP contribution in [0, 0.1) is 0 Å². The molecule has 1 spiro atoms. The van der Waals surface area contributed by atoms with Crippen LogP contribution >= 0.6 is 11.8 Å². The van der Waals surface area contributed by atoms with Crippen LogP contribution in [0.4, 0.5) is 0 Å². The molecular formula is C17H25NOS. The minimum Gasteiger partial charge on any atom is -0.375 e. The molecule has 2 saturated heterocycles. The van der Waals surface area contributed by atoms with Crippen LogP contribution < -0.4 is 5.32 Å². The summed E-state index contributed by atoms with van der Waals surface area (Å²) in [7, 11) is 0. The minimum absolute atomic E-state index is 0.178. The molecule has 2 heterocycles. The smallest absolute Gasteiger partial charge is 0.0713 e. The molecule has 110 valence electrons. The highest BCUT2D eigenvalue weighted by Gasteiger charge is 2.38. The van der Waals surface area contributed by atoms with E-state index in [2.05, 4.69) is 54.3 Å². The molecular weight excluding hydrogens is 266 g/mol. The largest absolute Gasteiger partial charge is 0.375 e. The lowest BCUT2D eigenvalue weighted by atomic mass is 9.85. The topological polar surface area (TPSA) is 21.3 Å². The van der Waals surface area contributed by atoms with Crippen molar-refractivity contribution in [2.45, 2.75) is 50.3 Å². The van der Waals surface area contributed by atoms with E-state index >= 15 is 0 Å². The molecule has 0 saturated carbocycles. The maximum absolute atomic E-state index is 6.17. The number of nitrogens with one attached hydrogen (secondary N) is 1. The second kappa shape index (κ2) is 6.50. The molecule has 3 heteroatoms. The predicted octanol–water partition coefficient (Wildman–Crippen LogP) is 3.78. The molecule has 1 aromatic carbocycles. The number of hydrogen-bond acceptors (Lipinski definition) is 3. The van der Waals surface area contributed by atoms with E-state index in [1.165, 1.54) is 36.3 Å². The average Bonchev–Trinajstić information content (AvgIpc) is 2.49. The fourth-order valence-corrected chi connectivity index (χ4v) is 4.69. The molecule has 0 amide bonds. The van der Waals surface area contributed by atoms with Gasteiger partial charge in [0.25, 0.3) is 0 Å². The summed E-state index contributed by atoms with van der Waals surface area (Å²) in [5, 5.41) is 3.82. The number of rotatable bonds is 3. The van der Waals surface area contributed by atoms with Crippen LogP contribution in [0.5, 0.6) is 0 Å². The molecule has 2 fully saturated rings. The van der Waals surface area contributed by atoms with E-state index < -0.39 is 0 Å². The van der Waals surface area contributed by atoms with Gasteiger partial charge in [-0.2, -0.15) is 11.8 Å². The van der Waals surface area contributed by atoms with Crippen molar-refractivity contribution >= 4 is 11.8 Å². The van der Waals surface area contributed by atoms with Gasteiger partial charge in [0.2, 0.25) is 0 Å². The number of ether oxygens (including phenoxy) is 1. The zero-order valence-corrected chi connectivity index (χ0v) is 13.1. The van der Waals surface area contributed by atoms with Crippen molar-refractivity contribution in [3.8, 4) is 0 Å². The third-order valence-corrected chi connectivity index (χ3v) is 5.67. The predicted molar refractivity (Wildman–Crippen MR) is 86.3 cm³/mol. The van der Waals surface area contributed by atoms with Gasteiger partial charge in [0.15, 0.2) is 0 Å². The molecule has 2 atom stereocenters. The fraction of sp³-hybridized carbons (Fsp3) is 0.647. The molecule has 2 aliphatic rings. The molecule has 2 nitrogen and oxygen atoms in total. The zero-order chi connectivity index (χ0) is 13.8.